The van der Waals surface area contributed by atoms with Crippen LogP contribution in [0, 0.1) is 12.7 Å². The first kappa shape index (κ1) is 31.7. The minimum absolute atomic E-state index is 0.0616. The summed E-state index contributed by atoms with van der Waals surface area (Å²) >= 11 is 0. The zero-order chi connectivity index (χ0) is 34.4. The summed E-state index contributed by atoms with van der Waals surface area (Å²) in [5.41, 5.74) is 2.16. The Bertz CT molecular complexity index is 2360. The first-order valence-corrected chi connectivity index (χ1v) is 15.8. The number of amides is 1. The number of aryl methyl sites for hydroxylation is 1. The summed E-state index contributed by atoms with van der Waals surface area (Å²) in [6.45, 7) is 3.38. The number of carbonyl (C=O) groups is 1. The van der Waals surface area contributed by atoms with Crippen LogP contribution < -0.4 is 42.5 Å². The molecular formula is C35H34FN8O5+. The molecule has 1 saturated carbocycles. The normalized spacial score (nSPS) is 14.8. The molecule has 0 radical (unpaired) electrons. The average molecular weight is 666 g/mol. The van der Waals surface area contributed by atoms with Gasteiger partial charge in [0.2, 0.25) is 5.82 Å². The fourth-order valence-corrected chi connectivity index (χ4v) is 5.94. The number of anilines is 2. The minimum Gasteiger partial charge on any atom is -0.497 e. The monoisotopic (exact) mass is 665 g/mol. The average Bonchev–Trinajstić information content (AvgIpc) is 3.81. The molecule has 1 aliphatic heterocycles. The molecule has 0 saturated heterocycles. The Hall–Kier alpha value is -5.86. The van der Waals surface area contributed by atoms with E-state index >= 15 is 0 Å². The molecule has 2 aromatic heterocycles. The van der Waals surface area contributed by atoms with Crippen molar-refractivity contribution in [1.82, 2.24) is 24.1 Å². The van der Waals surface area contributed by atoms with E-state index in [4.69, 9.17) is 4.74 Å². The third-order valence-corrected chi connectivity index (χ3v) is 8.59. The highest BCUT2D eigenvalue weighted by atomic mass is 19.1. The van der Waals surface area contributed by atoms with Gasteiger partial charge < -0.3 is 20.5 Å². The van der Waals surface area contributed by atoms with Gasteiger partial charge in [-0.15, -0.1) is 5.10 Å². The Labute approximate surface area is 278 Å². The highest BCUT2D eigenvalue weighted by molar-refractivity contribution is 6.08. The summed E-state index contributed by atoms with van der Waals surface area (Å²) in [6, 6.07) is 18.4. The lowest BCUT2D eigenvalue weighted by Crippen LogP contribution is -2.91. The number of quaternary nitrogens is 1. The summed E-state index contributed by atoms with van der Waals surface area (Å²) < 4.78 is 24.2. The number of benzene rings is 3. The van der Waals surface area contributed by atoms with Crippen LogP contribution in [0.4, 0.5) is 15.8 Å². The number of hydrogen-bond donors (Lipinski definition) is 4. The van der Waals surface area contributed by atoms with Crippen molar-refractivity contribution in [2.24, 2.45) is 0 Å². The molecule has 1 unspecified atom stereocenters. The molecule has 1 atom stereocenters. The zero-order valence-corrected chi connectivity index (χ0v) is 27.0. The van der Waals surface area contributed by atoms with E-state index in [1.807, 2.05) is 24.3 Å². The van der Waals surface area contributed by atoms with Crippen molar-refractivity contribution in [2.45, 2.75) is 45.5 Å². The maximum Gasteiger partial charge on any atom is 0.346 e. The van der Waals surface area contributed by atoms with Crippen LogP contribution in [0.5, 0.6) is 5.75 Å². The van der Waals surface area contributed by atoms with Crippen LogP contribution in [0.25, 0.3) is 28.3 Å². The van der Waals surface area contributed by atoms with E-state index in [-0.39, 0.29) is 40.2 Å². The number of carbonyl (C=O) groups excluding carboxylic acids is 1. The number of primary amides is 1. The molecule has 3 heterocycles. The molecule has 7 rings (SSSR count). The van der Waals surface area contributed by atoms with Crippen LogP contribution in [-0.4, -0.2) is 48.5 Å². The summed E-state index contributed by atoms with van der Waals surface area (Å²) in [5, 5.41) is 26.7. The summed E-state index contributed by atoms with van der Waals surface area (Å²) in [4.78, 5) is 41.4. The fraction of sp³-hybridized carbons (Fsp3) is 0.229. The molecule has 2 aliphatic rings. The van der Waals surface area contributed by atoms with Crippen molar-refractivity contribution in [1.29, 1.82) is 0 Å². The highest BCUT2D eigenvalue weighted by Gasteiger charge is 2.33. The van der Waals surface area contributed by atoms with E-state index in [0.717, 1.165) is 11.3 Å². The molecule has 1 amide bonds. The molecule has 250 valence electrons. The third-order valence-electron chi connectivity index (χ3n) is 8.59. The molecule has 1 aliphatic carbocycles. The van der Waals surface area contributed by atoms with Gasteiger partial charge in [0.05, 0.1) is 42.1 Å². The highest BCUT2D eigenvalue weighted by Crippen LogP contribution is 2.32. The van der Waals surface area contributed by atoms with Crippen LogP contribution in [0.15, 0.2) is 82.5 Å². The van der Waals surface area contributed by atoms with E-state index in [1.165, 1.54) is 31.3 Å². The van der Waals surface area contributed by atoms with Gasteiger partial charge in [0, 0.05) is 17.3 Å². The van der Waals surface area contributed by atoms with Gasteiger partial charge in [-0.2, -0.15) is 0 Å². The third kappa shape index (κ3) is 6.14. The van der Waals surface area contributed by atoms with Gasteiger partial charge in [0.25, 0.3) is 5.56 Å². The molecule has 14 heteroatoms. The Kier molecular flexibility index (Phi) is 8.18. The van der Waals surface area contributed by atoms with Gasteiger partial charge in [-0.05, 0) is 86.8 Å². The lowest BCUT2D eigenvalue weighted by Gasteiger charge is -2.19. The molecule has 5 N–H and O–H groups in total. The number of ether oxygens (including phenoxy) is 1. The maximum atomic E-state index is 14.9. The van der Waals surface area contributed by atoms with Gasteiger partial charge in [-0.1, -0.05) is 17.3 Å². The van der Waals surface area contributed by atoms with Crippen molar-refractivity contribution >= 4 is 28.7 Å². The second-order valence-corrected chi connectivity index (χ2v) is 12.2. The van der Waals surface area contributed by atoms with E-state index in [9.17, 15) is 23.9 Å². The van der Waals surface area contributed by atoms with E-state index in [2.05, 4.69) is 20.9 Å². The topological polar surface area (TPSA) is 162 Å². The van der Waals surface area contributed by atoms with Crippen LogP contribution in [-0.2, 0) is 11.3 Å². The zero-order valence-electron chi connectivity index (χ0n) is 27.0. The van der Waals surface area contributed by atoms with Gasteiger partial charge >= 0.3 is 11.6 Å². The lowest BCUT2D eigenvalue weighted by molar-refractivity contribution is -0.471. The van der Waals surface area contributed by atoms with Crippen molar-refractivity contribution in [2.75, 3.05) is 17.7 Å². The molecule has 3 aromatic carbocycles. The van der Waals surface area contributed by atoms with Crippen LogP contribution in [0.2, 0.25) is 0 Å². The number of methoxy groups -OCH3 is 1. The Morgan fingerprint density at radius 1 is 1.06 bits per heavy atom. The molecule has 49 heavy (non-hydrogen) atoms. The molecule has 0 spiro atoms. The predicted octanol–water partition coefficient (Wildman–Crippen LogP) is 0.931. The molecule has 5 aromatic rings. The van der Waals surface area contributed by atoms with Gasteiger partial charge in [-0.3, -0.25) is 13.9 Å². The van der Waals surface area contributed by atoms with Crippen LogP contribution >= 0.6 is 0 Å². The number of nitrogens with one attached hydrogen (secondary N) is 2. The molecule has 13 nitrogen and oxygen atoms in total. The first-order chi connectivity index (χ1) is 23.6. The Morgan fingerprint density at radius 2 is 1.84 bits per heavy atom. The van der Waals surface area contributed by atoms with E-state index in [1.54, 1.807) is 57.5 Å². The number of aliphatic hydroxyl groups excluding tert-OH is 1. The summed E-state index contributed by atoms with van der Waals surface area (Å²) in [5.74, 6) is -0.144. The Morgan fingerprint density at radius 3 is 2.55 bits per heavy atom. The molecule has 1 fully saturated rings. The van der Waals surface area contributed by atoms with E-state index in [0.29, 0.717) is 35.5 Å². The van der Waals surface area contributed by atoms with Crippen molar-refractivity contribution in [3.63, 3.8) is 0 Å². The predicted molar refractivity (Wildman–Crippen MR) is 180 cm³/mol. The van der Waals surface area contributed by atoms with Gasteiger partial charge in [-0.25, -0.2) is 24.0 Å². The van der Waals surface area contributed by atoms with E-state index < -0.39 is 29.2 Å². The van der Waals surface area contributed by atoms with Gasteiger partial charge in [0.15, 0.2) is 0 Å². The number of rotatable bonds is 10. The summed E-state index contributed by atoms with van der Waals surface area (Å²) in [7, 11) is 1.59. The van der Waals surface area contributed by atoms with Gasteiger partial charge in [0.1, 0.15) is 28.7 Å². The number of fused-ring (bicyclic) bond motifs is 1. The standard InChI is InChI=1S/C35H33FN8O5/c1-19-7-14-27(26(36)15-19)38-32-30-31(20(2)33(46)39-32)43(35(48)44(34(30)47)23-10-11-23)24-6-4-5-22(16-24)37-29(45)18-42-17-28(40-41-42)21-8-12-25(49-3)13-9-21/h4-9,12-17,23,29,37,45H,10-11,18H2,1-3H3,(H2,38,39,46)/p+1. The smallest absolute Gasteiger partial charge is 0.346 e. The van der Waals surface area contributed by atoms with Crippen molar-refractivity contribution in [3.05, 3.63) is 116 Å². The number of nitrogens with two attached hydrogens (primary N) is 1. The Balaban J connectivity index is 1.26. The maximum absolute atomic E-state index is 14.9. The fourth-order valence-electron chi connectivity index (χ4n) is 5.94. The SMILES string of the molecule is COc1ccc(-c2cn(CC(O)Nc3cccc(-n4c5c(c(=O)n(C6CC6)c4=O)=C(Nc4ccc(C)cc4F)[NH2+]C(=O)C=5C)c3)nn2)cc1. The van der Waals surface area contributed by atoms with Crippen LogP contribution in [0.3, 0.4) is 0 Å². The second-order valence-electron chi connectivity index (χ2n) is 12.2. The number of hydrogen-bond acceptors (Lipinski definition) is 9. The van der Waals surface area contributed by atoms with Crippen molar-refractivity contribution in [3.8, 4) is 22.7 Å². The number of aliphatic hydroxyl groups is 1. The number of aromatic nitrogens is 5. The largest absolute Gasteiger partial charge is 0.497 e. The van der Waals surface area contributed by atoms with Crippen molar-refractivity contribution < 1.29 is 24.3 Å². The molecule has 0 bridgehead atoms. The quantitative estimate of drug-likeness (QED) is 0.159. The second kappa shape index (κ2) is 12.6. The number of nitrogens with zero attached hydrogens (tertiary/aromatic N) is 5. The minimum atomic E-state index is -1.09. The number of halogens is 1. The first-order valence-electron chi connectivity index (χ1n) is 15.8. The van der Waals surface area contributed by atoms with Crippen LogP contribution in [0.1, 0.15) is 31.4 Å². The summed E-state index contributed by atoms with van der Waals surface area (Å²) in [6.07, 6.45) is 1.94. The molecular weight excluding hydrogens is 631 g/mol. The lowest BCUT2D eigenvalue weighted by atomic mass is 10.1.